The molecule has 3 rings (SSSR count). The highest BCUT2D eigenvalue weighted by molar-refractivity contribution is 6.00. The number of hydrogen-bond donors (Lipinski definition) is 3. The molecule has 11 heteroatoms. The normalized spacial score (nSPS) is 11.4. The topological polar surface area (TPSA) is 97.9 Å². The van der Waals surface area contributed by atoms with Crippen LogP contribution in [0, 0.1) is 6.92 Å². The van der Waals surface area contributed by atoms with Gasteiger partial charge in [0.25, 0.3) is 5.91 Å². The molecule has 0 unspecified atom stereocenters. The van der Waals surface area contributed by atoms with Gasteiger partial charge in [0.2, 0.25) is 0 Å². The van der Waals surface area contributed by atoms with Crippen LogP contribution in [0.5, 0.6) is 0 Å². The largest absolute Gasteiger partial charge is 0.419 e. The maximum atomic E-state index is 13.5. The van der Waals surface area contributed by atoms with Crippen LogP contribution in [0.25, 0.3) is 0 Å². The maximum Gasteiger partial charge on any atom is 0.419 e. The van der Waals surface area contributed by atoms with E-state index in [-0.39, 0.29) is 22.6 Å². The Morgan fingerprint density at radius 3 is 2.53 bits per heavy atom. The fourth-order valence-corrected chi connectivity index (χ4v) is 2.91. The molecule has 2 heterocycles. The van der Waals surface area contributed by atoms with Crippen LogP contribution in [0.15, 0.2) is 36.7 Å². The number of nitrogens with zero attached hydrogens (tertiary/aromatic N) is 3. The van der Waals surface area contributed by atoms with Crippen molar-refractivity contribution in [2.75, 3.05) is 10.6 Å². The molecule has 0 saturated carbocycles. The van der Waals surface area contributed by atoms with Gasteiger partial charge in [0.15, 0.2) is 0 Å². The van der Waals surface area contributed by atoms with Gasteiger partial charge in [-0.3, -0.25) is 9.48 Å². The lowest BCUT2D eigenvalue weighted by atomic mass is 10.1. The molecule has 0 aliphatic carbocycles. The summed E-state index contributed by atoms with van der Waals surface area (Å²) in [5.74, 6) is -0.806. The van der Waals surface area contributed by atoms with Gasteiger partial charge in [0.1, 0.15) is 12.5 Å². The predicted molar refractivity (Wildman–Crippen MR) is 104 cm³/mol. The number of carbonyl (C=O) groups excluding carboxylic acids is 1. The summed E-state index contributed by atoms with van der Waals surface area (Å²) >= 11 is 0. The van der Waals surface area contributed by atoms with Gasteiger partial charge >= 0.3 is 6.18 Å². The predicted octanol–water partition coefficient (Wildman–Crippen LogP) is 4.20. The van der Waals surface area contributed by atoms with Crippen molar-refractivity contribution in [2.45, 2.75) is 19.8 Å². The van der Waals surface area contributed by atoms with Crippen molar-refractivity contribution in [2.24, 2.45) is 12.8 Å². The summed E-state index contributed by atoms with van der Waals surface area (Å²) in [5.41, 5.74) is 4.72. The van der Waals surface area contributed by atoms with Gasteiger partial charge in [-0.25, -0.2) is 9.37 Å². The molecule has 4 N–H and O–H groups in total. The maximum absolute atomic E-state index is 13.5. The number of pyridine rings is 1. The number of alkyl halides is 4. The molecular weight excluding hydrogens is 404 g/mol. The molecule has 158 valence electrons. The number of primary amides is 1. The van der Waals surface area contributed by atoms with Crippen LogP contribution in [0.2, 0.25) is 0 Å². The number of nitrogens with one attached hydrogen (secondary N) is 2. The summed E-state index contributed by atoms with van der Waals surface area (Å²) in [7, 11) is 1.70. The number of amides is 1. The van der Waals surface area contributed by atoms with Gasteiger partial charge in [-0.1, -0.05) is 12.1 Å². The first-order valence-electron chi connectivity index (χ1n) is 8.69. The Morgan fingerprint density at radius 2 is 1.97 bits per heavy atom. The number of benzene rings is 1. The highest BCUT2D eigenvalue weighted by Gasteiger charge is 2.35. The van der Waals surface area contributed by atoms with Crippen molar-refractivity contribution in [3.05, 3.63) is 59.0 Å². The quantitative estimate of drug-likeness (QED) is 0.518. The van der Waals surface area contributed by atoms with Crippen molar-refractivity contribution < 1.29 is 22.4 Å². The number of aromatic nitrogens is 3. The average Bonchev–Trinajstić information content (AvgIpc) is 2.97. The minimum absolute atomic E-state index is 0.00569. The zero-order valence-corrected chi connectivity index (χ0v) is 16.0. The molecule has 1 aromatic carbocycles. The van der Waals surface area contributed by atoms with Crippen LogP contribution >= 0.6 is 0 Å². The molecule has 0 bridgehead atoms. The first-order valence-corrected chi connectivity index (χ1v) is 8.69. The van der Waals surface area contributed by atoms with E-state index in [4.69, 9.17) is 5.73 Å². The van der Waals surface area contributed by atoms with Crippen molar-refractivity contribution in [3.63, 3.8) is 0 Å². The van der Waals surface area contributed by atoms with Crippen LogP contribution in [0.3, 0.4) is 0 Å². The van der Waals surface area contributed by atoms with E-state index < -0.39 is 30.0 Å². The van der Waals surface area contributed by atoms with Crippen LogP contribution in [-0.4, -0.2) is 20.7 Å². The fraction of sp³-hybridized carbons (Fsp3) is 0.211. The van der Waals surface area contributed by atoms with E-state index in [1.807, 2.05) is 0 Å². The number of rotatable bonds is 6. The first kappa shape index (κ1) is 21.1. The van der Waals surface area contributed by atoms with E-state index in [0.717, 1.165) is 6.07 Å². The number of anilines is 4. The number of nitrogens with two attached hydrogens (primary N) is 1. The van der Waals surface area contributed by atoms with Gasteiger partial charge in [-0.15, -0.1) is 0 Å². The summed E-state index contributed by atoms with van der Waals surface area (Å²) in [4.78, 5) is 15.5. The summed E-state index contributed by atoms with van der Waals surface area (Å²) in [5, 5.41) is 9.57. The highest BCUT2D eigenvalue weighted by Crippen LogP contribution is 2.38. The third-order valence-corrected chi connectivity index (χ3v) is 4.31. The molecule has 0 aliphatic heterocycles. The second-order valence-corrected chi connectivity index (χ2v) is 6.50. The van der Waals surface area contributed by atoms with E-state index in [1.54, 1.807) is 20.2 Å². The third kappa shape index (κ3) is 4.34. The van der Waals surface area contributed by atoms with E-state index in [1.165, 1.54) is 22.9 Å². The van der Waals surface area contributed by atoms with Crippen LogP contribution in [-0.2, 0) is 19.9 Å². The van der Waals surface area contributed by atoms with Gasteiger partial charge in [0.05, 0.1) is 33.9 Å². The molecule has 0 aliphatic rings. The number of hydrogen-bond acceptors (Lipinski definition) is 5. The standard InChI is InChI=1S/C19H18F4N6O/c1-10-15(9-29(2)28-10)26-16-6-14(13(8-25-16)19(21,22)23)27-17-11(7-20)4-3-5-12(17)18(24)30/h3-6,8-9H,7H2,1-2H3,(H2,24,30)(H2,25,26,27). The Labute approximate surface area is 168 Å². The molecule has 0 radical (unpaired) electrons. The van der Waals surface area contributed by atoms with Crippen LogP contribution < -0.4 is 16.4 Å². The molecule has 0 fully saturated rings. The minimum Gasteiger partial charge on any atom is -0.366 e. The molecule has 30 heavy (non-hydrogen) atoms. The average molecular weight is 422 g/mol. The van der Waals surface area contributed by atoms with E-state index in [9.17, 15) is 22.4 Å². The van der Waals surface area contributed by atoms with Gasteiger partial charge < -0.3 is 16.4 Å². The van der Waals surface area contributed by atoms with E-state index >= 15 is 0 Å². The second kappa shape index (κ2) is 8.01. The van der Waals surface area contributed by atoms with Crippen molar-refractivity contribution in [3.8, 4) is 0 Å². The van der Waals surface area contributed by atoms with E-state index in [2.05, 4.69) is 20.7 Å². The van der Waals surface area contributed by atoms with Gasteiger partial charge in [-0.2, -0.15) is 18.3 Å². The lowest BCUT2D eigenvalue weighted by Gasteiger charge is -2.18. The summed E-state index contributed by atoms with van der Waals surface area (Å²) < 4.78 is 55.6. The SMILES string of the molecule is Cc1nn(C)cc1Nc1cc(Nc2c(CF)cccc2C(N)=O)c(C(F)(F)F)cn1. The summed E-state index contributed by atoms with van der Waals surface area (Å²) in [6, 6.07) is 5.17. The van der Waals surface area contributed by atoms with Gasteiger partial charge in [0, 0.05) is 31.1 Å². The number of para-hydroxylation sites is 1. The Hall–Kier alpha value is -3.63. The monoisotopic (exact) mass is 422 g/mol. The zero-order chi connectivity index (χ0) is 22.1. The van der Waals surface area contributed by atoms with Crippen LogP contribution in [0.1, 0.15) is 27.2 Å². The van der Waals surface area contributed by atoms with Crippen LogP contribution in [0.4, 0.5) is 40.4 Å². The fourth-order valence-electron chi connectivity index (χ4n) is 2.91. The van der Waals surface area contributed by atoms with Crippen molar-refractivity contribution in [1.29, 1.82) is 0 Å². The van der Waals surface area contributed by atoms with E-state index in [0.29, 0.717) is 17.6 Å². The van der Waals surface area contributed by atoms with Gasteiger partial charge in [-0.05, 0) is 13.0 Å². The number of halogens is 4. The molecule has 7 nitrogen and oxygen atoms in total. The minimum atomic E-state index is -4.74. The smallest absolute Gasteiger partial charge is 0.366 e. The van der Waals surface area contributed by atoms with Crippen molar-refractivity contribution in [1.82, 2.24) is 14.8 Å². The lowest BCUT2D eigenvalue weighted by Crippen LogP contribution is -2.16. The number of aryl methyl sites for hydroxylation is 2. The highest BCUT2D eigenvalue weighted by atomic mass is 19.4. The third-order valence-electron chi connectivity index (χ3n) is 4.31. The molecular formula is C19H18F4N6O. The Bertz CT molecular complexity index is 1090. The summed E-state index contributed by atoms with van der Waals surface area (Å²) in [6.45, 7) is 0.720. The van der Waals surface area contributed by atoms with Crippen molar-refractivity contribution >= 4 is 28.8 Å². The summed E-state index contributed by atoms with van der Waals surface area (Å²) in [6.07, 6.45) is -2.45. The Kier molecular flexibility index (Phi) is 5.63. The second-order valence-electron chi connectivity index (χ2n) is 6.50. The molecule has 1 amide bonds. The Balaban J connectivity index is 2.09. The molecule has 2 aromatic heterocycles. The lowest BCUT2D eigenvalue weighted by molar-refractivity contribution is -0.137. The molecule has 0 saturated heterocycles. The zero-order valence-electron chi connectivity index (χ0n) is 16.0. The molecule has 0 spiro atoms. The molecule has 0 atom stereocenters. The molecule has 3 aromatic rings. The first-order chi connectivity index (χ1) is 14.1. The Morgan fingerprint density at radius 1 is 1.23 bits per heavy atom. The number of carbonyl (C=O) groups is 1.